The minimum atomic E-state index is 0.718. The van der Waals surface area contributed by atoms with Crippen molar-refractivity contribution in [3.63, 3.8) is 0 Å². The molecule has 236 valence electrons. The third kappa shape index (κ3) is 7.10. The Hall–Kier alpha value is -6.08. The van der Waals surface area contributed by atoms with Gasteiger partial charge in [0.1, 0.15) is 34.5 Å². The van der Waals surface area contributed by atoms with Crippen molar-refractivity contribution in [3.05, 3.63) is 146 Å². The van der Waals surface area contributed by atoms with Crippen LogP contribution in [0.1, 0.15) is 0 Å². The third-order valence-electron chi connectivity index (χ3n) is 7.67. The lowest BCUT2D eigenvalue weighted by Gasteiger charge is -2.26. The van der Waals surface area contributed by atoms with E-state index in [1.807, 2.05) is 146 Å². The van der Waals surface area contributed by atoms with E-state index in [9.17, 15) is 0 Å². The van der Waals surface area contributed by atoms with Crippen LogP contribution in [-0.4, -0.2) is 28.4 Å². The fourth-order valence-corrected chi connectivity index (χ4v) is 5.36. The highest BCUT2D eigenvalue weighted by Gasteiger charge is 2.16. The molecular weight excluding hydrogens is 588 g/mol. The second-order valence-electron chi connectivity index (χ2n) is 10.6. The molecular formula is C40H36N2O5. The van der Waals surface area contributed by atoms with Crippen LogP contribution in [0.5, 0.6) is 34.5 Å². The van der Waals surface area contributed by atoms with Gasteiger partial charge in [0.05, 0.1) is 28.4 Å². The molecule has 0 saturated carbocycles. The lowest BCUT2D eigenvalue weighted by Crippen LogP contribution is -2.10. The molecule has 0 amide bonds. The van der Waals surface area contributed by atoms with Gasteiger partial charge >= 0.3 is 0 Å². The van der Waals surface area contributed by atoms with Crippen LogP contribution in [-0.2, 0) is 0 Å². The highest BCUT2D eigenvalue weighted by molar-refractivity contribution is 5.79. The quantitative estimate of drug-likeness (QED) is 0.134. The summed E-state index contributed by atoms with van der Waals surface area (Å²) < 4.78 is 28.4. The van der Waals surface area contributed by atoms with Crippen molar-refractivity contribution in [3.8, 4) is 34.5 Å². The number of hydrogen-bond donors (Lipinski definition) is 0. The van der Waals surface area contributed by atoms with Crippen LogP contribution in [0.2, 0.25) is 0 Å². The number of rotatable bonds is 12. The van der Waals surface area contributed by atoms with E-state index < -0.39 is 0 Å². The Morgan fingerprint density at radius 2 is 0.574 bits per heavy atom. The summed E-state index contributed by atoms with van der Waals surface area (Å²) in [5.41, 5.74) is 5.75. The summed E-state index contributed by atoms with van der Waals surface area (Å²) in [4.78, 5) is 4.30. The van der Waals surface area contributed by atoms with Gasteiger partial charge < -0.3 is 33.5 Å². The highest BCUT2D eigenvalue weighted by atomic mass is 16.5. The minimum Gasteiger partial charge on any atom is -0.497 e. The molecule has 7 nitrogen and oxygen atoms in total. The molecule has 0 fully saturated rings. The van der Waals surface area contributed by atoms with E-state index in [-0.39, 0.29) is 0 Å². The van der Waals surface area contributed by atoms with Gasteiger partial charge in [-0.1, -0.05) is 24.3 Å². The molecule has 0 N–H and O–H groups in total. The fourth-order valence-electron chi connectivity index (χ4n) is 5.36. The Kier molecular flexibility index (Phi) is 9.44. The van der Waals surface area contributed by atoms with Crippen molar-refractivity contribution in [2.24, 2.45) is 0 Å². The Morgan fingerprint density at radius 3 is 0.830 bits per heavy atom. The molecule has 0 aliphatic carbocycles. The maximum Gasteiger partial charge on any atom is 0.127 e. The van der Waals surface area contributed by atoms with Crippen molar-refractivity contribution < 1.29 is 23.7 Å². The molecule has 0 spiro atoms. The van der Waals surface area contributed by atoms with Crippen molar-refractivity contribution in [2.75, 3.05) is 38.2 Å². The minimum absolute atomic E-state index is 0.718. The van der Waals surface area contributed by atoms with Gasteiger partial charge in [-0.25, -0.2) is 0 Å². The topological polar surface area (TPSA) is 52.6 Å². The molecule has 0 radical (unpaired) electrons. The normalized spacial score (nSPS) is 10.6. The van der Waals surface area contributed by atoms with Gasteiger partial charge in [0.2, 0.25) is 0 Å². The summed E-state index contributed by atoms with van der Waals surface area (Å²) in [6.45, 7) is 0. The molecule has 0 aliphatic heterocycles. The number of anilines is 6. The lowest BCUT2D eigenvalue weighted by atomic mass is 10.1. The average Bonchev–Trinajstić information content (AvgIpc) is 3.13. The molecule has 0 saturated heterocycles. The van der Waals surface area contributed by atoms with Crippen LogP contribution < -0.4 is 33.5 Å². The first-order chi connectivity index (χ1) is 23.1. The van der Waals surface area contributed by atoms with Gasteiger partial charge in [-0.05, 0) is 97.1 Å². The van der Waals surface area contributed by atoms with Crippen molar-refractivity contribution in [2.45, 2.75) is 0 Å². The molecule has 6 aromatic carbocycles. The van der Waals surface area contributed by atoms with Gasteiger partial charge in [0.25, 0.3) is 0 Å². The maximum atomic E-state index is 6.30. The van der Waals surface area contributed by atoms with Gasteiger partial charge in [-0.3, -0.25) is 0 Å². The molecule has 47 heavy (non-hydrogen) atoms. The Morgan fingerprint density at radius 1 is 0.298 bits per heavy atom. The first kappa shape index (κ1) is 30.9. The fraction of sp³-hybridized carbons (Fsp3) is 0.100. The summed E-state index contributed by atoms with van der Waals surface area (Å²) in [5, 5.41) is 0. The van der Waals surface area contributed by atoms with Crippen molar-refractivity contribution >= 4 is 34.1 Å². The zero-order valence-corrected chi connectivity index (χ0v) is 26.8. The molecule has 6 aromatic rings. The molecule has 0 aromatic heterocycles. The molecule has 0 bridgehead atoms. The molecule has 0 heterocycles. The summed E-state index contributed by atoms with van der Waals surface area (Å²) >= 11 is 0. The number of hydrogen-bond acceptors (Lipinski definition) is 7. The van der Waals surface area contributed by atoms with Crippen LogP contribution in [0.25, 0.3) is 0 Å². The Bertz CT molecular complexity index is 1690. The third-order valence-corrected chi connectivity index (χ3v) is 7.67. The number of benzene rings is 6. The lowest BCUT2D eigenvalue weighted by molar-refractivity contribution is 0.414. The van der Waals surface area contributed by atoms with Crippen molar-refractivity contribution in [1.82, 2.24) is 0 Å². The van der Waals surface area contributed by atoms with Gasteiger partial charge in [0.15, 0.2) is 0 Å². The molecule has 0 atom stereocenters. The van der Waals surface area contributed by atoms with Gasteiger partial charge in [0, 0.05) is 58.4 Å². The smallest absolute Gasteiger partial charge is 0.127 e. The van der Waals surface area contributed by atoms with E-state index >= 15 is 0 Å². The summed E-state index contributed by atoms with van der Waals surface area (Å²) in [5.74, 6) is 4.53. The summed E-state index contributed by atoms with van der Waals surface area (Å²) in [7, 11) is 6.68. The van der Waals surface area contributed by atoms with E-state index in [2.05, 4.69) is 9.80 Å². The molecule has 0 aliphatic rings. The molecule has 0 unspecified atom stereocenters. The standard InChI is InChI=1S/C40H36N2O5/c1-43-37-13-5-9-31(25-37)41(32-10-6-14-38(26-32)44-2)29-17-21-35(22-18-29)47-36-23-19-30(20-24-36)42(33-11-7-15-39(27-33)45-3)34-12-8-16-40(28-34)46-4/h5-28H,1-4H3. The maximum absolute atomic E-state index is 6.30. The van der Waals surface area contributed by atoms with Gasteiger partial charge in [-0.15, -0.1) is 0 Å². The first-order valence-electron chi connectivity index (χ1n) is 15.1. The van der Waals surface area contributed by atoms with Crippen LogP contribution in [0.3, 0.4) is 0 Å². The van der Waals surface area contributed by atoms with Crippen LogP contribution in [0, 0.1) is 0 Å². The zero-order chi connectivity index (χ0) is 32.6. The van der Waals surface area contributed by atoms with E-state index in [1.165, 1.54) is 0 Å². The average molecular weight is 625 g/mol. The highest BCUT2D eigenvalue weighted by Crippen LogP contribution is 2.40. The zero-order valence-electron chi connectivity index (χ0n) is 26.8. The van der Waals surface area contributed by atoms with Gasteiger partial charge in [-0.2, -0.15) is 0 Å². The first-order valence-corrected chi connectivity index (χ1v) is 15.1. The monoisotopic (exact) mass is 624 g/mol. The predicted octanol–water partition coefficient (Wildman–Crippen LogP) is 10.5. The SMILES string of the molecule is COc1cccc(N(c2ccc(Oc3ccc(N(c4cccc(OC)c4)c4cccc(OC)c4)cc3)cc2)c2cccc(OC)c2)c1. The van der Waals surface area contributed by atoms with Crippen molar-refractivity contribution in [1.29, 1.82) is 0 Å². The largest absolute Gasteiger partial charge is 0.497 e. The second-order valence-corrected chi connectivity index (χ2v) is 10.6. The number of ether oxygens (including phenoxy) is 5. The number of nitrogens with zero attached hydrogens (tertiary/aromatic N) is 2. The van der Waals surface area contributed by atoms with E-state index in [0.717, 1.165) is 68.6 Å². The summed E-state index contributed by atoms with van der Waals surface area (Å²) in [6.07, 6.45) is 0. The number of methoxy groups -OCH3 is 4. The van der Waals surface area contributed by atoms with Crippen LogP contribution >= 0.6 is 0 Å². The predicted molar refractivity (Wildman–Crippen MR) is 189 cm³/mol. The molecule has 6 rings (SSSR count). The van der Waals surface area contributed by atoms with Crippen LogP contribution in [0.4, 0.5) is 34.1 Å². The van der Waals surface area contributed by atoms with E-state index in [1.54, 1.807) is 28.4 Å². The Balaban J connectivity index is 1.27. The van der Waals surface area contributed by atoms with E-state index in [4.69, 9.17) is 23.7 Å². The Labute approximate surface area is 275 Å². The van der Waals surface area contributed by atoms with E-state index in [0.29, 0.717) is 0 Å². The van der Waals surface area contributed by atoms with Crippen LogP contribution in [0.15, 0.2) is 146 Å². The molecule has 7 heteroatoms. The summed E-state index contributed by atoms with van der Waals surface area (Å²) in [6, 6.07) is 47.9. The second kappa shape index (κ2) is 14.3.